The maximum Gasteiger partial charge on any atom is 0.122 e. The number of nitrogens with zero attached hydrogens (tertiary/aromatic N) is 2. The molecule has 1 fully saturated rings. The molecule has 0 spiro atoms. The summed E-state index contributed by atoms with van der Waals surface area (Å²) in [5.74, 6) is 0.851. The molecule has 1 aliphatic heterocycles. The molecular formula is C19H24N2O3. The van der Waals surface area contributed by atoms with Crippen LogP contribution >= 0.6 is 0 Å². The zero-order valence-electron chi connectivity index (χ0n) is 13.8. The first-order chi connectivity index (χ1) is 11.8. The molecule has 5 heteroatoms. The van der Waals surface area contributed by atoms with E-state index in [1.807, 2.05) is 42.5 Å². The van der Waals surface area contributed by atoms with Crippen molar-refractivity contribution in [2.75, 3.05) is 26.2 Å². The van der Waals surface area contributed by atoms with Gasteiger partial charge in [0.2, 0.25) is 0 Å². The molecule has 1 aliphatic rings. The minimum absolute atomic E-state index is 0.171. The molecule has 3 rings (SSSR count). The third-order valence-corrected chi connectivity index (χ3v) is 4.07. The predicted molar refractivity (Wildman–Crippen MR) is 91.8 cm³/mol. The zero-order valence-corrected chi connectivity index (χ0v) is 13.8. The fourth-order valence-electron chi connectivity index (χ4n) is 2.91. The van der Waals surface area contributed by atoms with Crippen LogP contribution in [0.2, 0.25) is 0 Å². The summed E-state index contributed by atoms with van der Waals surface area (Å²) < 4.78 is 11.5. The number of aromatic nitrogens is 1. The van der Waals surface area contributed by atoms with E-state index in [0.29, 0.717) is 19.8 Å². The number of hydrogen-bond donors (Lipinski definition) is 1. The molecule has 5 nitrogen and oxygen atoms in total. The van der Waals surface area contributed by atoms with Crippen molar-refractivity contribution in [1.82, 2.24) is 9.88 Å². The number of rotatable bonds is 8. The molecular weight excluding hydrogens is 304 g/mol. The van der Waals surface area contributed by atoms with Crippen LogP contribution in [0.4, 0.5) is 0 Å². The molecule has 2 atom stereocenters. The van der Waals surface area contributed by atoms with Gasteiger partial charge in [-0.1, -0.05) is 30.3 Å². The Balaban J connectivity index is 1.34. The lowest BCUT2D eigenvalue weighted by atomic mass is 10.2. The first-order valence-corrected chi connectivity index (χ1v) is 8.38. The van der Waals surface area contributed by atoms with Crippen LogP contribution in [0.15, 0.2) is 54.9 Å². The number of benzene rings is 1. The number of aliphatic hydroxyl groups excluding tert-OH is 1. The summed E-state index contributed by atoms with van der Waals surface area (Å²) in [5.41, 5.74) is 1.12. The Morgan fingerprint density at radius 1 is 1.17 bits per heavy atom. The third-order valence-electron chi connectivity index (χ3n) is 4.07. The predicted octanol–water partition coefficient (Wildman–Crippen LogP) is 2.11. The summed E-state index contributed by atoms with van der Waals surface area (Å²) in [6.45, 7) is 3.27. The van der Waals surface area contributed by atoms with Gasteiger partial charge in [-0.3, -0.25) is 9.88 Å². The molecule has 0 amide bonds. The molecule has 2 heterocycles. The molecule has 1 aromatic heterocycles. The number of likely N-dealkylation sites (tertiary alicyclic amines) is 1. The van der Waals surface area contributed by atoms with Crippen molar-refractivity contribution in [3.8, 4) is 5.75 Å². The summed E-state index contributed by atoms with van der Waals surface area (Å²) in [7, 11) is 0. The van der Waals surface area contributed by atoms with Crippen molar-refractivity contribution in [2.24, 2.45) is 0 Å². The molecule has 0 aliphatic carbocycles. The molecule has 1 aromatic carbocycles. The summed E-state index contributed by atoms with van der Waals surface area (Å²) in [6.07, 6.45) is 4.13. The first kappa shape index (κ1) is 16.9. The molecule has 1 N–H and O–H groups in total. The van der Waals surface area contributed by atoms with Crippen molar-refractivity contribution >= 4 is 0 Å². The highest BCUT2D eigenvalue weighted by Gasteiger charge is 2.25. The van der Waals surface area contributed by atoms with Gasteiger partial charge in [-0.2, -0.15) is 0 Å². The number of ether oxygens (including phenoxy) is 2. The van der Waals surface area contributed by atoms with E-state index in [2.05, 4.69) is 9.88 Å². The van der Waals surface area contributed by atoms with Gasteiger partial charge in [-0.05, 0) is 24.1 Å². The van der Waals surface area contributed by atoms with Gasteiger partial charge in [-0.15, -0.1) is 0 Å². The Labute approximate surface area is 142 Å². The van der Waals surface area contributed by atoms with Gasteiger partial charge < -0.3 is 14.6 Å². The van der Waals surface area contributed by atoms with Gasteiger partial charge in [0.25, 0.3) is 0 Å². The van der Waals surface area contributed by atoms with Crippen molar-refractivity contribution in [3.05, 3.63) is 60.4 Å². The standard InChI is InChI=1S/C19H24N2O3/c22-17(15-23-14-16-4-2-1-3-5-16)12-21-11-8-19(13-21)24-18-6-9-20-10-7-18/h1-7,9-10,17,19,22H,8,11-15H2. The second kappa shape index (κ2) is 8.78. The summed E-state index contributed by atoms with van der Waals surface area (Å²) in [4.78, 5) is 6.21. The van der Waals surface area contributed by atoms with Crippen molar-refractivity contribution in [3.63, 3.8) is 0 Å². The fraction of sp³-hybridized carbons (Fsp3) is 0.421. The van der Waals surface area contributed by atoms with Gasteiger partial charge in [0.15, 0.2) is 0 Å². The van der Waals surface area contributed by atoms with Crippen LogP contribution in [0.5, 0.6) is 5.75 Å². The van der Waals surface area contributed by atoms with Crippen molar-refractivity contribution < 1.29 is 14.6 Å². The Morgan fingerprint density at radius 2 is 1.96 bits per heavy atom. The molecule has 1 saturated heterocycles. The third kappa shape index (κ3) is 5.30. The van der Waals surface area contributed by atoms with Crippen molar-refractivity contribution in [2.45, 2.75) is 25.2 Å². The lowest BCUT2D eigenvalue weighted by Gasteiger charge is -2.20. The van der Waals surface area contributed by atoms with Crippen LogP contribution in [-0.2, 0) is 11.3 Å². The molecule has 0 bridgehead atoms. The van der Waals surface area contributed by atoms with Crippen LogP contribution in [-0.4, -0.2) is 53.4 Å². The highest BCUT2D eigenvalue weighted by atomic mass is 16.5. The van der Waals surface area contributed by atoms with Gasteiger partial charge in [-0.25, -0.2) is 0 Å². The van der Waals surface area contributed by atoms with Gasteiger partial charge in [0.05, 0.1) is 19.3 Å². The average Bonchev–Trinajstić information content (AvgIpc) is 3.03. The zero-order chi connectivity index (χ0) is 16.6. The lowest BCUT2D eigenvalue weighted by molar-refractivity contribution is 0.0121. The van der Waals surface area contributed by atoms with Gasteiger partial charge in [0.1, 0.15) is 11.9 Å². The van der Waals surface area contributed by atoms with Gasteiger partial charge in [0, 0.05) is 32.0 Å². The quantitative estimate of drug-likeness (QED) is 0.804. The van der Waals surface area contributed by atoms with Crippen molar-refractivity contribution in [1.29, 1.82) is 0 Å². The van der Waals surface area contributed by atoms with E-state index in [-0.39, 0.29) is 6.10 Å². The minimum atomic E-state index is -0.478. The normalized spacial score (nSPS) is 19.3. The first-order valence-electron chi connectivity index (χ1n) is 8.38. The van der Waals surface area contributed by atoms with E-state index in [4.69, 9.17) is 9.47 Å². The van der Waals surface area contributed by atoms with Crippen LogP contribution in [0.1, 0.15) is 12.0 Å². The van der Waals surface area contributed by atoms with Crippen LogP contribution < -0.4 is 4.74 Å². The number of pyridine rings is 1. The summed E-state index contributed by atoms with van der Waals surface area (Å²) in [6, 6.07) is 13.7. The van der Waals surface area contributed by atoms with E-state index < -0.39 is 6.10 Å². The largest absolute Gasteiger partial charge is 0.489 e. The van der Waals surface area contributed by atoms with E-state index in [0.717, 1.165) is 30.8 Å². The Bertz CT molecular complexity index is 594. The average molecular weight is 328 g/mol. The molecule has 128 valence electrons. The SMILES string of the molecule is OC(COCc1ccccc1)CN1CCC(Oc2ccncc2)C1. The maximum atomic E-state index is 10.1. The van der Waals surface area contributed by atoms with E-state index >= 15 is 0 Å². The van der Waals surface area contributed by atoms with E-state index in [1.54, 1.807) is 12.4 Å². The Kier molecular flexibility index (Phi) is 6.18. The number of aliphatic hydroxyl groups is 1. The highest BCUT2D eigenvalue weighted by molar-refractivity contribution is 5.17. The van der Waals surface area contributed by atoms with Crippen LogP contribution in [0.3, 0.4) is 0 Å². The molecule has 2 aromatic rings. The van der Waals surface area contributed by atoms with E-state index in [1.165, 1.54) is 0 Å². The van der Waals surface area contributed by atoms with Crippen LogP contribution in [0, 0.1) is 0 Å². The maximum absolute atomic E-state index is 10.1. The Morgan fingerprint density at radius 3 is 2.75 bits per heavy atom. The highest BCUT2D eigenvalue weighted by Crippen LogP contribution is 2.17. The second-order valence-corrected chi connectivity index (χ2v) is 6.13. The minimum Gasteiger partial charge on any atom is -0.489 e. The smallest absolute Gasteiger partial charge is 0.122 e. The van der Waals surface area contributed by atoms with Crippen LogP contribution in [0.25, 0.3) is 0 Å². The lowest BCUT2D eigenvalue weighted by Crippen LogP contribution is -2.34. The Hall–Kier alpha value is -1.95. The van der Waals surface area contributed by atoms with Gasteiger partial charge >= 0.3 is 0 Å². The molecule has 2 unspecified atom stereocenters. The summed E-state index contributed by atoms with van der Waals surface area (Å²) >= 11 is 0. The number of β-amino-alcohol motifs (C(OH)–C–C–N with tert-alkyl or cyclic N) is 1. The summed E-state index contributed by atoms with van der Waals surface area (Å²) in [5, 5.41) is 10.1. The topological polar surface area (TPSA) is 54.8 Å². The second-order valence-electron chi connectivity index (χ2n) is 6.13. The number of hydrogen-bond acceptors (Lipinski definition) is 5. The monoisotopic (exact) mass is 328 g/mol. The fourth-order valence-corrected chi connectivity index (χ4v) is 2.91. The molecule has 0 saturated carbocycles. The molecule has 0 radical (unpaired) electrons. The molecule has 24 heavy (non-hydrogen) atoms. The van der Waals surface area contributed by atoms with E-state index in [9.17, 15) is 5.11 Å².